The van der Waals surface area contributed by atoms with E-state index in [0.717, 1.165) is 5.56 Å². The second kappa shape index (κ2) is 8.33. The molecule has 1 aliphatic rings. The molecule has 2 aromatic rings. The lowest BCUT2D eigenvalue weighted by molar-refractivity contribution is -0.123. The minimum Gasteiger partial charge on any atom is -0.493 e. The smallest absolute Gasteiger partial charge is 0.263 e. The summed E-state index contributed by atoms with van der Waals surface area (Å²) in [4.78, 5) is 23.9. The zero-order chi connectivity index (χ0) is 20.1. The molecule has 3 rings (SSSR count). The van der Waals surface area contributed by atoms with Gasteiger partial charge in [0.2, 0.25) is 0 Å². The molecule has 0 saturated carbocycles. The van der Waals surface area contributed by atoms with Crippen molar-refractivity contribution in [3.63, 3.8) is 0 Å². The van der Waals surface area contributed by atoms with E-state index in [4.69, 9.17) is 27.0 Å². The molecule has 0 atom stereocenters. The Morgan fingerprint density at radius 2 is 1.82 bits per heavy atom. The quantitative estimate of drug-likeness (QED) is 0.458. The fraction of sp³-hybridized carbons (Fsp3) is 0.100. The number of methoxy groups -OCH3 is 1. The van der Waals surface area contributed by atoms with Crippen molar-refractivity contribution >= 4 is 35.2 Å². The SMILES string of the molecule is COc1cc(C=C2C(=O)NC(=S)NC2=O)ccc1OCc1ccccc1C#N. The summed E-state index contributed by atoms with van der Waals surface area (Å²) in [6.45, 7) is 0.197. The number of carbonyl (C=O) groups is 2. The molecule has 140 valence electrons. The fourth-order valence-electron chi connectivity index (χ4n) is 2.58. The molecule has 2 aromatic carbocycles. The highest BCUT2D eigenvalue weighted by atomic mass is 32.1. The third-order valence-corrected chi connectivity index (χ3v) is 4.17. The van der Waals surface area contributed by atoms with Crippen LogP contribution in [0.25, 0.3) is 6.08 Å². The van der Waals surface area contributed by atoms with Crippen LogP contribution in [0.3, 0.4) is 0 Å². The minimum absolute atomic E-state index is 0.0221. The second-order valence-electron chi connectivity index (χ2n) is 5.76. The van der Waals surface area contributed by atoms with Crippen LogP contribution in [0.1, 0.15) is 16.7 Å². The highest BCUT2D eigenvalue weighted by molar-refractivity contribution is 7.80. The number of ether oxygens (including phenoxy) is 2. The molecule has 1 heterocycles. The van der Waals surface area contributed by atoms with Gasteiger partial charge in [0, 0.05) is 5.56 Å². The van der Waals surface area contributed by atoms with Crippen molar-refractivity contribution in [2.45, 2.75) is 6.61 Å². The summed E-state index contributed by atoms with van der Waals surface area (Å²) >= 11 is 4.77. The van der Waals surface area contributed by atoms with E-state index in [9.17, 15) is 9.59 Å². The summed E-state index contributed by atoms with van der Waals surface area (Å²) < 4.78 is 11.1. The van der Waals surface area contributed by atoms with Crippen molar-refractivity contribution in [1.82, 2.24) is 10.6 Å². The largest absolute Gasteiger partial charge is 0.493 e. The molecule has 0 bridgehead atoms. The van der Waals surface area contributed by atoms with E-state index in [1.54, 1.807) is 30.3 Å². The molecule has 0 radical (unpaired) electrons. The van der Waals surface area contributed by atoms with E-state index in [1.807, 2.05) is 12.1 Å². The van der Waals surface area contributed by atoms with Crippen LogP contribution in [0.5, 0.6) is 11.5 Å². The Labute approximate surface area is 166 Å². The van der Waals surface area contributed by atoms with Crippen LogP contribution in [-0.2, 0) is 16.2 Å². The molecule has 1 fully saturated rings. The van der Waals surface area contributed by atoms with Crippen LogP contribution in [0.15, 0.2) is 48.0 Å². The van der Waals surface area contributed by atoms with Crippen molar-refractivity contribution < 1.29 is 19.1 Å². The Bertz CT molecular complexity index is 1020. The van der Waals surface area contributed by atoms with E-state index in [-0.39, 0.29) is 17.3 Å². The number of nitrogens with one attached hydrogen (secondary N) is 2. The number of benzene rings is 2. The highest BCUT2D eigenvalue weighted by Crippen LogP contribution is 2.30. The van der Waals surface area contributed by atoms with Crippen molar-refractivity contribution in [1.29, 1.82) is 5.26 Å². The fourth-order valence-corrected chi connectivity index (χ4v) is 2.76. The summed E-state index contributed by atoms with van der Waals surface area (Å²) in [7, 11) is 1.49. The molecule has 2 amide bonds. The maximum atomic E-state index is 12.0. The van der Waals surface area contributed by atoms with E-state index in [2.05, 4.69) is 16.7 Å². The van der Waals surface area contributed by atoms with Gasteiger partial charge in [-0.05, 0) is 42.1 Å². The highest BCUT2D eigenvalue weighted by Gasteiger charge is 2.25. The van der Waals surface area contributed by atoms with E-state index >= 15 is 0 Å². The molecular formula is C20H15N3O4S. The number of carbonyl (C=O) groups excluding carboxylic acids is 2. The average Bonchev–Trinajstić information content (AvgIpc) is 2.69. The maximum Gasteiger partial charge on any atom is 0.263 e. The normalized spacial score (nSPS) is 13.3. The van der Waals surface area contributed by atoms with Crippen molar-refractivity contribution in [2.75, 3.05) is 7.11 Å². The molecule has 2 N–H and O–H groups in total. The van der Waals surface area contributed by atoms with Gasteiger partial charge in [-0.15, -0.1) is 0 Å². The lowest BCUT2D eigenvalue weighted by Gasteiger charge is -2.16. The zero-order valence-corrected chi connectivity index (χ0v) is 15.6. The molecule has 1 aliphatic heterocycles. The van der Waals surface area contributed by atoms with Gasteiger partial charge >= 0.3 is 0 Å². The van der Waals surface area contributed by atoms with Crippen LogP contribution in [0.2, 0.25) is 0 Å². The Balaban J connectivity index is 1.82. The second-order valence-corrected chi connectivity index (χ2v) is 6.17. The summed E-state index contributed by atoms with van der Waals surface area (Å²) in [6, 6.07) is 14.3. The summed E-state index contributed by atoms with van der Waals surface area (Å²) in [5.74, 6) is -0.241. The molecular weight excluding hydrogens is 378 g/mol. The lowest BCUT2D eigenvalue weighted by atomic mass is 10.1. The van der Waals surface area contributed by atoms with Gasteiger partial charge < -0.3 is 9.47 Å². The molecule has 28 heavy (non-hydrogen) atoms. The zero-order valence-electron chi connectivity index (χ0n) is 14.8. The van der Waals surface area contributed by atoms with Crippen LogP contribution < -0.4 is 20.1 Å². The van der Waals surface area contributed by atoms with Crippen LogP contribution >= 0.6 is 12.2 Å². The van der Waals surface area contributed by atoms with Crippen LogP contribution in [0.4, 0.5) is 0 Å². The first-order valence-corrected chi connectivity index (χ1v) is 8.60. The first-order chi connectivity index (χ1) is 13.5. The summed E-state index contributed by atoms with van der Waals surface area (Å²) in [5, 5.41) is 13.9. The molecule has 8 heteroatoms. The maximum absolute atomic E-state index is 12.0. The molecule has 0 aromatic heterocycles. The monoisotopic (exact) mass is 393 g/mol. The van der Waals surface area contributed by atoms with E-state index < -0.39 is 11.8 Å². The average molecular weight is 393 g/mol. The molecule has 0 unspecified atom stereocenters. The third-order valence-electron chi connectivity index (χ3n) is 3.96. The number of nitriles is 1. The Hall–Kier alpha value is -3.70. The first-order valence-electron chi connectivity index (χ1n) is 8.19. The Morgan fingerprint density at radius 3 is 2.50 bits per heavy atom. The molecule has 1 saturated heterocycles. The van der Waals surface area contributed by atoms with E-state index in [0.29, 0.717) is 22.6 Å². The topological polar surface area (TPSA) is 100 Å². The molecule has 7 nitrogen and oxygen atoms in total. The number of rotatable bonds is 5. The summed E-state index contributed by atoms with van der Waals surface area (Å²) in [5.41, 5.74) is 1.81. The standard InChI is InChI=1S/C20H15N3O4S/c1-26-17-9-12(8-15-18(24)22-20(28)23-19(15)25)6-7-16(17)27-11-14-5-3-2-4-13(14)10-21/h2-9H,11H2,1H3,(H2,22,23,24,25,28). The van der Waals surface area contributed by atoms with Gasteiger partial charge in [-0.1, -0.05) is 24.3 Å². The predicted molar refractivity (Wildman–Crippen MR) is 105 cm³/mol. The molecule has 0 aliphatic carbocycles. The van der Waals surface area contributed by atoms with Gasteiger partial charge in [0.1, 0.15) is 12.2 Å². The number of amides is 2. The van der Waals surface area contributed by atoms with Crippen molar-refractivity contribution in [3.05, 3.63) is 64.7 Å². The first kappa shape index (κ1) is 19.1. The number of hydrogen-bond donors (Lipinski definition) is 2. The van der Waals surface area contributed by atoms with Crippen molar-refractivity contribution in [2.24, 2.45) is 0 Å². The minimum atomic E-state index is -0.568. The van der Waals surface area contributed by atoms with Crippen molar-refractivity contribution in [3.8, 4) is 17.6 Å². The Morgan fingerprint density at radius 1 is 1.11 bits per heavy atom. The van der Waals surface area contributed by atoms with Crippen LogP contribution in [0, 0.1) is 11.3 Å². The summed E-state index contributed by atoms with van der Waals surface area (Å²) in [6.07, 6.45) is 1.43. The van der Waals surface area contributed by atoms with Gasteiger partial charge in [0.05, 0.1) is 18.7 Å². The number of hydrogen-bond acceptors (Lipinski definition) is 6. The van der Waals surface area contributed by atoms with Gasteiger partial charge in [-0.25, -0.2) is 0 Å². The number of thiocarbonyl (C=S) groups is 1. The van der Waals surface area contributed by atoms with Gasteiger partial charge in [0.25, 0.3) is 11.8 Å². The van der Waals surface area contributed by atoms with Gasteiger partial charge in [-0.3, -0.25) is 20.2 Å². The third kappa shape index (κ3) is 4.16. The Kier molecular flexibility index (Phi) is 5.67. The predicted octanol–water partition coefficient (Wildman–Crippen LogP) is 2.06. The van der Waals surface area contributed by atoms with Crippen LogP contribution in [-0.4, -0.2) is 24.0 Å². The number of nitrogens with zero attached hydrogens (tertiary/aromatic N) is 1. The lowest BCUT2D eigenvalue weighted by Crippen LogP contribution is -2.51. The van der Waals surface area contributed by atoms with Gasteiger partial charge in [-0.2, -0.15) is 5.26 Å². The van der Waals surface area contributed by atoms with Gasteiger partial charge in [0.15, 0.2) is 16.6 Å². The van der Waals surface area contributed by atoms with E-state index in [1.165, 1.54) is 13.2 Å². The molecule has 0 spiro atoms.